The monoisotopic (exact) mass is 815 g/mol. The van der Waals surface area contributed by atoms with E-state index in [1.54, 1.807) is 0 Å². The molecule has 0 amide bonds. The zero-order valence-corrected chi connectivity index (χ0v) is 32.0. The zero-order chi connectivity index (χ0) is 33.9. The molecule has 6 aromatic rings. The van der Waals surface area contributed by atoms with Gasteiger partial charge in [0.25, 0.3) is 0 Å². The Morgan fingerprint density at radius 1 is 0.667 bits per heavy atom. The van der Waals surface area contributed by atoms with Crippen LogP contribution in [0.2, 0.25) is 0 Å². The van der Waals surface area contributed by atoms with Crippen molar-refractivity contribution in [3.8, 4) is 45.2 Å². The number of hydrogen-bond donors (Lipinski definition) is 1. The van der Waals surface area contributed by atoms with Gasteiger partial charge in [-0.05, 0) is 59.1 Å². The van der Waals surface area contributed by atoms with Gasteiger partial charge in [-0.3, -0.25) is 9.55 Å². The number of aromatic hydroxyl groups is 1. The van der Waals surface area contributed by atoms with Crippen LogP contribution in [0.25, 0.3) is 50.5 Å². The van der Waals surface area contributed by atoms with Crippen molar-refractivity contribution in [2.45, 2.75) is 85.5 Å². The van der Waals surface area contributed by atoms with Crippen LogP contribution < -0.4 is 0 Å². The van der Waals surface area contributed by atoms with E-state index in [4.69, 9.17) is 9.97 Å². The number of phenolic OH excluding ortho intramolecular Hbond substituents is 1. The maximum Gasteiger partial charge on any atom is 0.148 e. The van der Waals surface area contributed by atoms with Gasteiger partial charge < -0.3 is 5.11 Å². The van der Waals surface area contributed by atoms with Crippen molar-refractivity contribution >= 4 is 11.0 Å². The molecule has 0 bridgehead atoms. The van der Waals surface area contributed by atoms with Gasteiger partial charge in [-0.1, -0.05) is 121 Å². The first-order valence-electron chi connectivity index (χ1n) is 16.5. The summed E-state index contributed by atoms with van der Waals surface area (Å²) < 4.78 is 2.18. The molecule has 0 spiro atoms. The normalized spacial score (nSPS) is 12.3. The first-order valence-corrected chi connectivity index (χ1v) is 16.5. The molecule has 0 saturated heterocycles. The van der Waals surface area contributed by atoms with Crippen LogP contribution in [0.3, 0.4) is 0 Å². The number of rotatable bonds is 4. The van der Waals surface area contributed by atoms with E-state index in [2.05, 4.69) is 141 Å². The molecule has 0 atom stereocenters. The SMILES string of the molecule is Cc1ccnc(-c2[c-]c(-c3cccc4c3nc(-c3cc(C(C)(C)C)cc(C(C)(C)C)c3O)n4-c3ccccc3)cc(C(C)(C)C)c2)c1.[Pt]. The van der Waals surface area contributed by atoms with Crippen molar-refractivity contribution < 1.29 is 26.2 Å². The fourth-order valence-corrected chi connectivity index (χ4v) is 6.11. The van der Waals surface area contributed by atoms with Crippen LogP contribution in [0.5, 0.6) is 5.75 Å². The summed E-state index contributed by atoms with van der Waals surface area (Å²) in [5, 5.41) is 12.0. The Bertz CT molecular complexity index is 2110. The summed E-state index contributed by atoms with van der Waals surface area (Å²) in [5.74, 6) is 0.980. The third-order valence-corrected chi connectivity index (χ3v) is 8.94. The van der Waals surface area contributed by atoms with E-state index in [0.29, 0.717) is 5.82 Å². The van der Waals surface area contributed by atoms with E-state index < -0.39 is 0 Å². The van der Waals surface area contributed by atoms with Crippen molar-refractivity contribution in [3.63, 3.8) is 0 Å². The smallest absolute Gasteiger partial charge is 0.148 e. The molecule has 2 aromatic heterocycles. The molecule has 48 heavy (non-hydrogen) atoms. The molecule has 0 aliphatic heterocycles. The Balaban J connectivity index is 0.00000451. The van der Waals surface area contributed by atoms with Gasteiger partial charge >= 0.3 is 0 Å². The van der Waals surface area contributed by atoms with Crippen LogP contribution >= 0.6 is 0 Å². The first-order chi connectivity index (χ1) is 22.0. The number of aryl methyl sites for hydroxylation is 1. The number of imidazole rings is 1. The minimum Gasteiger partial charge on any atom is -0.507 e. The minimum atomic E-state index is -0.266. The summed E-state index contributed by atoms with van der Waals surface area (Å²) in [6, 6.07) is 33.2. The number of aromatic nitrogens is 3. The number of hydrogen-bond acceptors (Lipinski definition) is 3. The average Bonchev–Trinajstić information content (AvgIpc) is 3.39. The van der Waals surface area contributed by atoms with E-state index in [9.17, 15) is 5.11 Å². The van der Waals surface area contributed by atoms with Crippen molar-refractivity contribution in [1.29, 1.82) is 0 Å². The number of fused-ring (bicyclic) bond motifs is 1. The molecular formula is C43H46N3OPt-. The second-order valence-corrected chi connectivity index (χ2v) is 15.9. The number of pyridine rings is 1. The Kier molecular flexibility index (Phi) is 9.40. The van der Waals surface area contributed by atoms with Gasteiger partial charge in [0.05, 0.1) is 16.6 Å². The fourth-order valence-electron chi connectivity index (χ4n) is 6.11. The van der Waals surface area contributed by atoms with Crippen LogP contribution in [-0.2, 0) is 37.3 Å². The number of phenols is 1. The van der Waals surface area contributed by atoms with Crippen LogP contribution in [-0.4, -0.2) is 19.6 Å². The molecule has 4 aromatic carbocycles. The summed E-state index contributed by atoms with van der Waals surface area (Å²) in [7, 11) is 0. The molecule has 5 heteroatoms. The van der Waals surface area contributed by atoms with Gasteiger partial charge in [0.2, 0.25) is 0 Å². The van der Waals surface area contributed by atoms with Gasteiger partial charge in [-0.15, -0.1) is 29.3 Å². The van der Waals surface area contributed by atoms with E-state index in [1.165, 1.54) is 5.56 Å². The van der Waals surface area contributed by atoms with Crippen molar-refractivity contribution in [1.82, 2.24) is 14.5 Å². The molecule has 0 aliphatic rings. The summed E-state index contributed by atoms with van der Waals surface area (Å²) in [4.78, 5) is 10.1. The van der Waals surface area contributed by atoms with Gasteiger partial charge in [0.15, 0.2) is 0 Å². The maximum absolute atomic E-state index is 12.0. The van der Waals surface area contributed by atoms with Gasteiger partial charge in [0, 0.05) is 44.2 Å². The second kappa shape index (κ2) is 12.8. The topological polar surface area (TPSA) is 50.9 Å². The minimum absolute atomic E-state index is 0. The quantitative estimate of drug-likeness (QED) is 0.180. The van der Waals surface area contributed by atoms with E-state index in [1.807, 2.05) is 30.5 Å². The molecule has 0 fully saturated rings. The fraction of sp³-hybridized carbons (Fsp3) is 0.302. The Morgan fingerprint density at radius 2 is 1.31 bits per heavy atom. The van der Waals surface area contributed by atoms with E-state index >= 15 is 0 Å². The summed E-state index contributed by atoms with van der Waals surface area (Å²) in [6.45, 7) is 21.9. The Hall–Kier alpha value is -4.01. The molecule has 6 rings (SSSR count). The Morgan fingerprint density at radius 3 is 1.94 bits per heavy atom. The summed E-state index contributed by atoms with van der Waals surface area (Å²) in [6.07, 6.45) is 1.86. The molecule has 2 heterocycles. The maximum atomic E-state index is 12.0. The third kappa shape index (κ3) is 6.78. The molecule has 0 aliphatic carbocycles. The molecular weight excluding hydrogens is 770 g/mol. The van der Waals surface area contributed by atoms with Crippen LogP contribution in [0.15, 0.2) is 91.1 Å². The predicted molar refractivity (Wildman–Crippen MR) is 197 cm³/mol. The molecule has 0 radical (unpaired) electrons. The predicted octanol–water partition coefficient (Wildman–Crippen LogP) is 11.1. The number of para-hydroxylation sites is 2. The first kappa shape index (κ1) is 35.3. The average molecular weight is 816 g/mol. The van der Waals surface area contributed by atoms with E-state index in [-0.39, 0.29) is 43.1 Å². The molecule has 0 unspecified atom stereocenters. The zero-order valence-electron chi connectivity index (χ0n) is 29.8. The Labute approximate surface area is 300 Å². The van der Waals surface area contributed by atoms with Gasteiger partial charge in [-0.25, -0.2) is 4.98 Å². The summed E-state index contributed by atoms with van der Waals surface area (Å²) in [5.41, 5.74) is 11.3. The van der Waals surface area contributed by atoms with Crippen molar-refractivity contribution in [3.05, 3.63) is 119 Å². The second-order valence-electron chi connectivity index (χ2n) is 15.9. The van der Waals surface area contributed by atoms with Crippen LogP contribution in [0.4, 0.5) is 0 Å². The third-order valence-electron chi connectivity index (χ3n) is 8.94. The van der Waals surface area contributed by atoms with Crippen molar-refractivity contribution in [2.75, 3.05) is 0 Å². The van der Waals surface area contributed by atoms with Gasteiger partial charge in [-0.2, -0.15) is 0 Å². The number of nitrogens with zero attached hydrogens (tertiary/aromatic N) is 3. The standard InChI is InChI=1S/C43H46N3O.Pt/c1-27-19-20-44-36(21-27)29-22-28(23-30(24-29)41(2,3)4)33-17-14-18-37-38(33)45-40(46(37)32-15-12-11-13-16-32)34-25-31(42(5,6)7)26-35(39(34)47)43(8,9)10;/h11-21,23-26,47H,1-10H3;/q-1;. The number of benzene rings is 4. The van der Waals surface area contributed by atoms with Crippen molar-refractivity contribution in [2.24, 2.45) is 0 Å². The molecule has 0 saturated carbocycles. The van der Waals surface area contributed by atoms with Gasteiger partial charge in [0.1, 0.15) is 11.6 Å². The summed E-state index contributed by atoms with van der Waals surface area (Å²) >= 11 is 0. The molecule has 250 valence electrons. The molecule has 4 nitrogen and oxygen atoms in total. The molecule has 1 N–H and O–H groups in total. The largest absolute Gasteiger partial charge is 0.507 e. The van der Waals surface area contributed by atoms with Crippen LogP contribution in [0, 0.1) is 13.0 Å². The van der Waals surface area contributed by atoms with Crippen LogP contribution in [0.1, 0.15) is 84.6 Å². The van der Waals surface area contributed by atoms with E-state index in [0.717, 1.165) is 61.4 Å².